The summed E-state index contributed by atoms with van der Waals surface area (Å²) in [6, 6.07) is 21.3. The minimum Gasteiger partial charge on any atom is -0.245 e. The lowest BCUT2D eigenvalue weighted by atomic mass is 9.89. The Bertz CT molecular complexity index is 661. The van der Waals surface area contributed by atoms with Gasteiger partial charge in [0.2, 0.25) is 0 Å². The van der Waals surface area contributed by atoms with Gasteiger partial charge in [-0.3, -0.25) is 0 Å². The van der Waals surface area contributed by atoms with E-state index in [1.165, 1.54) is 16.1 Å². The summed E-state index contributed by atoms with van der Waals surface area (Å²) in [5, 5.41) is 3.46. The number of hydrogen-bond donors (Lipinski definition) is 0. The number of rotatable bonds is 5. The van der Waals surface area contributed by atoms with Crippen molar-refractivity contribution in [3.8, 4) is 0 Å². The summed E-state index contributed by atoms with van der Waals surface area (Å²) in [7, 11) is 0. The lowest BCUT2D eigenvalue weighted by molar-refractivity contribution is 0.642. The van der Waals surface area contributed by atoms with Crippen LogP contribution in [0.1, 0.15) is 41.6 Å². The van der Waals surface area contributed by atoms with Gasteiger partial charge in [0.05, 0.1) is 16.6 Å². The van der Waals surface area contributed by atoms with E-state index in [0.717, 1.165) is 12.1 Å². The number of nitrogens with zero attached hydrogens (tertiary/aromatic N) is 1. The van der Waals surface area contributed by atoms with Gasteiger partial charge in [-0.1, -0.05) is 74.5 Å². The van der Waals surface area contributed by atoms with Gasteiger partial charge >= 0.3 is 0 Å². The van der Waals surface area contributed by atoms with Crippen molar-refractivity contribution >= 4 is 11.3 Å². The summed E-state index contributed by atoms with van der Waals surface area (Å²) in [6.07, 6.45) is 1.06. The van der Waals surface area contributed by atoms with Crippen LogP contribution in [0.4, 0.5) is 0 Å². The first-order chi connectivity index (χ1) is 10.7. The third-order valence-corrected chi connectivity index (χ3v) is 4.60. The van der Waals surface area contributed by atoms with Crippen LogP contribution in [0.3, 0.4) is 0 Å². The summed E-state index contributed by atoms with van der Waals surface area (Å²) >= 11 is 1.78. The molecule has 3 rings (SSSR count). The predicted molar refractivity (Wildman–Crippen MR) is 94.5 cm³/mol. The summed E-state index contributed by atoms with van der Waals surface area (Å²) in [6.45, 7) is 4.49. The number of benzene rings is 2. The van der Waals surface area contributed by atoms with Crippen LogP contribution in [0.15, 0.2) is 66.0 Å². The van der Waals surface area contributed by atoms with Crippen LogP contribution in [0.25, 0.3) is 0 Å². The molecule has 1 aromatic heterocycles. The van der Waals surface area contributed by atoms with E-state index in [1.807, 2.05) is 0 Å². The van der Waals surface area contributed by atoms with Gasteiger partial charge in [0.25, 0.3) is 0 Å². The summed E-state index contributed by atoms with van der Waals surface area (Å²) in [5.41, 5.74) is 3.77. The molecule has 0 spiro atoms. The van der Waals surface area contributed by atoms with Gasteiger partial charge in [-0.2, -0.15) is 0 Å². The smallest absolute Gasteiger partial charge is 0.0931 e. The van der Waals surface area contributed by atoms with Crippen molar-refractivity contribution in [1.29, 1.82) is 0 Å². The Morgan fingerprint density at radius 3 is 1.91 bits per heavy atom. The van der Waals surface area contributed by atoms with Crippen LogP contribution in [0.2, 0.25) is 0 Å². The number of thiazole rings is 1. The highest BCUT2D eigenvalue weighted by Crippen LogP contribution is 2.32. The maximum atomic E-state index is 4.92. The van der Waals surface area contributed by atoms with E-state index >= 15 is 0 Å². The molecule has 112 valence electrons. The molecular weight excluding hydrogens is 286 g/mol. The van der Waals surface area contributed by atoms with Crippen LogP contribution in [-0.2, 0) is 6.42 Å². The van der Waals surface area contributed by atoms with Crippen molar-refractivity contribution in [2.75, 3.05) is 0 Å². The lowest BCUT2D eigenvalue weighted by Crippen LogP contribution is -2.04. The zero-order chi connectivity index (χ0) is 15.4. The highest BCUT2D eigenvalue weighted by atomic mass is 32.1. The molecule has 0 saturated carbocycles. The molecule has 0 N–H and O–H groups in total. The molecule has 22 heavy (non-hydrogen) atoms. The molecule has 3 aromatic rings. The van der Waals surface area contributed by atoms with Gasteiger partial charge in [0.1, 0.15) is 0 Å². The Morgan fingerprint density at radius 2 is 1.41 bits per heavy atom. The maximum absolute atomic E-state index is 4.92. The maximum Gasteiger partial charge on any atom is 0.0931 e. The average Bonchev–Trinajstić information content (AvgIpc) is 2.97. The molecule has 0 fully saturated rings. The van der Waals surface area contributed by atoms with Crippen molar-refractivity contribution < 1.29 is 0 Å². The highest BCUT2D eigenvalue weighted by Gasteiger charge is 2.19. The zero-order valence-electron chi connectivity index (χ0n) is 13.1. The van der Waals surface area contributed by atoms with Crippen LogP contribution in [0.5, 0.6) is 0 Å². The molecule has 0 saturated heterocycles. The van der Waals surface area contributed by atoms with E-state index < -0.39 is 0 Å². The predicted octanol–water partition coefficient (Wildman–Crippen LogP) is 5.52. The van der Waals surface area contributed by atoms with Gasteiger partial charge in [0, 0.05) is 11.8 Å². The van der Waals surface area contributed by atoms with Gasteiger partial charge < -0.3 is 0 Å². The molecular formula is C20H21NS. The largest absolute Gasteiger partial charge is 0.245 e. The highest BCUT2D eigenvalue weighted by molar-refractivity contribution is 7.09. The fraction of sp³-hybridized carbons (Fsp3) is 0.250. The van der Waals surface area contributed by atoms with Crippen LogP contribution in [-0.4, -0.2) is 4.98 Å². The second-order valence-corrected chi connectivity index (χ2v) is 6.96. The summed E-state index contributed by atoms with van der Waals surface area (Å²) in [4.78, 5) is 4.92. The third kappa shape index (κ3) is 3.45. The first-order valence-electron chi connectivity index (χ1n) is 7.78. The van der Waals surface area contributed by atoms with Crippen molar-refractivity contribution in [2.24, 2.45) is 5.92 Å². The molecule has 0 atom stereocenters. The molecule has 1 heterocycles. The molecule has 0 radical (unpaired) electrons. The molecule has 0 aliphatic rings. The molecule has 1 nitrogen and oxygen atoms in total. The van der Waals surface area contributed by atoms with Gasteiger partial charge in [-0.05, 0) is 17.0 Å². The molecule has 0 bridgehead atoms. The van der Waals surface area contributed by atoms with E-state index in [2.05, 4.69) is 79.9 Å². The van der Waals surface area contributed by atoms with E-state index in [9.17, 15) is 0 Å². The summed E-state index contributed by atoms with van der Waals surface area (Å²) in [5.74, 6) is 0.866. The second-order valence-electron chi connectivity index (χ2n) is 6.02. The Kier molecular flexibility index (Phi) is 4.69. The third-order valence-electron chi connectivity index (χ3n) is 3.71. The van der Waals surface area contributed by atoms with E-state index in [4.69, 9.17) is 4.98 Å². The minimum absolute atomic E-state index is 0.222. The van der Waals surface area contributed by atoms with Crippen molar-refractivity contribution in [3.05, 3.63) is 87.9 Å². The Balaban J connectivity index is 2.01. The topological polar surface area (TPSA) is 12.9 Å². The Labute approximate surface area is 136 Å². The lowest BCUT2D eigenvalue weighted by Gasteiger charge is -2.16. The van der Waals surface area contributed by atoms with E-state index in [0.29, 0.717) is 5.92 Å². The summed E-state index contributed by atoms with van der Waals surface area (Å²) < 4.78 is 0. The Hall–Kier alpha value is -1.93. The fourth-order valence-corrected chi connectivity index (χ4v) is 3.76. The van der Waals surface area contributed by atoms with Crippen LogP contribution < -0.4 is 0 Å². The molecule has 2 heteroatoms. The zero-order valence-corrected chi connectivity index (χ0v) is 13.9. The van der Waals surface area contributed by atoms with Crippen LogP contribution in [0, 0.1) is 5.92 Å². The van der Waals surface area contributed by atoms with E-state index in [1.54, 1.807) is 11.3 Å². The first-order valence-corrected chi connectivity index (χ1v) is 8.66. The normalized spacial score (nSPS) is 11.3. The monoisotopic (exact) mass is 307 g/mol. The fourth-order valence-electron chi connectivity index (χ4n) is 2.73. The van der Waals surface area contributed by atoms with E-state index in [-0.39, 0.29) is 5.92 Å². The van der Waals surface area contributed by atoms with Gasteiger partial charge in [0.15, 0.2) is 0 Å². The van der Waals surface area contributed by atoms with Gasteiger partial charge in [-0.25, -0.2) is 4.98 Å². The van der Waals surface area contributed by atoms with Crippen molar-refractivity contribution in [1.82, 2.24) is 4.98 Å². The average molecular weight is 307 g/mol. The number of aromatic nitrogens is 1. The SMILES string of the molecule is CC(C)Cc1nc(C(c2ccccc2)c2ccccc2)cs1. The number of hydrogen-bond acceptors (Lipinski definition) is 2. The standard InChI is InChI=1S/C20H21NS/c1-15(2)13-19-21-18(14-22-19)20(16-9-5-3-6-10-16)17-11-7-4-8-12-17/h3-12,14-15,20H,13H2,1-2H3. The molecule has 0 amide bonds. The van der Waals surface area contributed by atoms with Crippen LogP contribution >= 0.6 is 11.3 Å². The van der Waals surface area contributed by atoms with Crippen molar-refractivity contribution in [2.45, 2.75) is 26.2 Å². The first kappa shape index (κ1) is 15.0. The Morgan fingerprint density at radius 1 is 0.864 bits per heavy atom. The minimum atomic E-state index is 0.222. The van der Waals surface area contributed by atoms with Crippen molar-refractivity contribution in [3.63, 3.8) is 0 Å². The second kappa shape index (κ2) is 6.89. The molecule has 0 unspecified atom stereocenters. The molecule has 0 aliphatic heterocycles. The van der Waals surface area contributed by atoms with Gasteiger partial charge in [-0.15, -0.1) is 11.3 Å². The quantitative estimate of drug-likeness (QED) is 0.604. The molecule has 0 aliphatic carbocycles. The molecule has 2 aromatic carbocycles.